The maximum Gasteiger partial charge on any atom is 0.354 e. The third kappa shape index (κ3) is 3.81. The molecule has 0 saturated carbocycles. The molecule has 0 unspecified atom stereocenters. The van der Waals surface area contributed by atoms with Crippen LogP contribution < -0.4 is 0 Å². The summed E-state index contributed by atoms with van der Waals surface area (Å²) in [7, 11) is 0. The van der Waals surface area contributed by atoms with Gasteiger partial charge in [-0.2, -0.15) is 0 Å². The lowest BCUT2D eigenvalue weighted by Crippen LogP contribution is -2.08. The Kier molecular flexibility index (Phi) is 4.45. The molecule has 5 nitrogen and oxygen atoms in total. The Morgan fingerprint density at radius 2 is 2.33 bits per heavy atom. The lowest BCUT2D eigenvalue weighted by molar-refractivity contribution is 0.0689. The van der Waals surface area contributed by atoms with Crippen molar-refractivity contribution in [2.75, 3.05) is 13.2 Å². The number of hydrogen-bond donors (Lipinski definition) is 1. The molecule has 0 aliphatic carbocycles. The summed E-state index contributed by atoms with van der Waals surface area (Å²) in [5.74, 6) is -0.731. The number of carboxylic acid groups (broad SMARTS) is 1. The van der Waals surface area contributed by atoms with Crippen LogP contribution in [0.5, 0.6) is 0 Å². The highest BCUT2D eigenvalue weighted by Gasteiger charge is 2.09. The van der Waals surface area contributed by atoms with Crippen LogP contribution in [-0.2, 0) is 11.2 Å². The molecule has 0 bridgehead atoms. The van der Waals surface area contributed by atoms with E-state index in [1.165, 1.54) is 6.07 Å². The number of aromatic nitrogens is 2. The van der Waals surface area contributed by atoms with Crippen LogP contribution in [0.3, 0.4) is 0 Å². The van der Waals surface area contributed by atoms with Gasteiger partial charge in [-0.05, 0) is 6.92 Å². The molecule has 0 atom stereocenters. The average Bonchev–Trinajstić information content (AvgIpc) is 2.17. The fraction of sp³-hybridized carbons (Fsp3) is 0.444. The van der Waals surface area contributed by atoms with Crippen molar-refractivity contribution in [3.63, 3.8) is 0 Å². The molecule has 1 heterocycles. The summed E-state index contributed by atoms with van der Waals surface area (Å²) in [5, 5.41) is 8.86. The van der Waals surface area contributed by atoms with E-state index in [-0.39, 0.29) is 10.8 Å². The molecule has 0 radical (unpaired) electrons. The first-order valence-electron chi connectivity index (χ1n) is 4.48. The Labute approximate surface area is 92.1 Å². The fourth-order valence-corrected chi connectivity index (χ4v) is 1.19. The molecule has 0 fully saturated rings. The second-order valence-corrected chi connectivity index (χ2v) is 3.13. The summed E-state index contributed by atoms with van der Waals surface area (Å²) in [4.78, 5) is 18.4. The van der Waals surface area contributed by atoms with Crippen molar-refractivity contribution in [2.45, 2.75) is 13.3 Å². The maximum absolute atomic E-state index is 10.7. The number of carboxylic acids is 1. The van der Waals surface area contributed by atoms with Crippen molar-refractivity contribution in [1.29, 1.82) is 0 Å². The molecular formula is C9H11ClN2O3. The van der Waals surface area contributed by atoms with Crippen molar-refractivity contribution >= 4 is 17.6 Å². The quantitative estimate of drug-likeness (QED) is 0.612. The molecule has 1 aromatic heterocycles. The Morgan fingerprint density at radius 3 is 2.93 bits per heavy atom. The van der Waals surface area contributed by atoms with Crippen molar-refractivity contribution in [3.05, 3.63) is 22.7 Å². The Morgan fingerprint density at radius 1 is 1.60 bits per heavy atom. The van der Waals surface area contributed by atoms with Gasteiger partial charge in [0.05, 0.1) is 6.61 Å². The van der Waals surface area contributed by atoms with E-state index < -0.39 is 5.97 Å². The van der Waals surface area contributed by atoms with Gasteiger partial charge in [0, 0.05) is 19.1 Å². The van der Waals surface area contributed by atoms with Crippen LogP contribution in [-0.4, -0.2) is 34.3 Å². The fourth-order valence-electron chi connectivity index (χ4n) is 0.994. The molecular weight excluding hydrogens is 220 g/mol. The van der Waals surface area contributed by atoms with E-state index >= 15 is 0 Å². The highest BCUT2D eigenvalue weighted by molar-refractivity contribution is 6.29. The largest absolute Gasteiger partial charge is 0.477 e. The van der Waals surface area contributed by atoms with Gasteiger partial charge in [0.1, 0.15) is 11.0 Å². The summed E-state index contributed by atoms with van der Waals surface area (Å²) < 4.78 is 5.11. The van der Waals surface area contributed by atoms with Crippen LogP contribution in [0, 0.1) is 0 Å². The van der Waals surface area contributed by atoms with Crippen LogP contribution in [0.2, 0.25) is 5.15 Å². The number of aromatic carboxylic acids is 1. The normalized spacial score (nSPS) is 10.3. The number of rotatable bonds is 5. The van der Waals surface area contributed by atoms with Crippen molar-refractivity contribution < 1.29 is 14.6 Å². The average molecular weight is 231 g/mol. The van der Waals surface area contributed by atoms with Gasteiger partial charge in [-0.3, -0.25) is 0 Å². The molecule has 0 amide bonds. The van der Waals surface area contributed by atoms with Crippen LogP contribution in [0.25, 0.3) is 0 Å². The lowest BCUT2D eigenvalue weighted by atomic mass is 10.3. The Bertz CT molecular complexity index is 357. The molecule has 0 aliphatic heterocycles. The zero-order chi connectivity index (χ0) is 11.3. The number of carbonyl (C=O) groups is 1. The number of halogens is 1. The Hall–Kier alpha value is -1.20. The van der Waals surface area contributed by atoms with E-state index in [1.54, 1.807) is 0 Å². The van der Waals surface area contributed by atoms with Crippen LogP contribution in [0.4, 0.5) is 0 Å². The van der Waals surface area contributed by atoms with E-state index in [2.05, 4.69) is 9.97 Å². The third-order valence-corrected chi connectivity index (χ3v) is 1.83. The number of nitrogens with zero attached hydrogens (tertiary/aromatic N) is 2. The van der Waals surface area contributed by atoms with Gasteiger partial charge in [-0.1, -0.05) is 11.6 Å². The zero-order valence-corrected chi connectivity index (χ0v) is 8.99. The molecule has 15 heavy (non-hydrogen) atoms. The van der Waals surface area contributed by atoms with Gasteiger partial charge in [0.15, 0.2) is 5.69 Å². The van der Waals surface area contributed by atoms with Gasteiger partial charge in [-0.15, -0.1) is 0 Å². The molecule has 6 heteroatoms. The number of hydrogen-bond acceptors (Lipinski definition) is 4. The van der Waals surface area contributed by atoms with Gasteiger partial charge >= 0.3 is 5.97 Å². The van der Waals surface area contributed by atoms with Gasteiger partial charge < -0.3 is 9.84 Å². The summed E-state index contributed by atoms with van der Waals surface area (Å²) in [5.41, 5.74) is -0.0958. The van der Waals surface area contributed by atoms with E-state index in [1.807, 2.05) is 6.92 Å². The molecule has 82 valence electrons. The molecule has 1 N–H and O–H groups in total. The Balaban J connectivity index is 2.75. The summed E-state index contributed by atoms with van der Waals surface area (Å²) in [6, 6.07) is 1.22. The van der Waals surface area contributed by atoms with E-state index in [4.69, 9.17) is 21.4 Å². The minimum atomic E-state index is -1.11. The van der Waals surface area contributed by atoms with Gasteiger partial charge in [-0.25, -0.2) is 14.8 Å². The standard InChI is InChI=1S/C9H11ClN2O3/c1-2-15-4-3-8-11-6(9(13)14)5-7(10)12-8/h5H,2-4H2,1H3,(H,13,14). The first kappa shape index (κ1) is 11.9. The molecule has 0 saturated heterocycles. The smallest absolute Gasteiger partial charge is 0.354 e. The van der Waals surface area contributed by atoms with Crippen molar-refractivity contribution in [3.8, 4) is 0 Å². The van der Waals surface area contributed by atoms with Crippen LogP contribution >= 0.6 is 11.6 Å². The molecule has 0 spiro atoms. The van der Waals surface area contributed by atoms with E-state index in [9.17, 15) is 4.79 Å². The molecule has 1 rings (SSSR count). The van der Waals surface area contributed by atoms with Gasteiger partial charge in [0.2, 0.25) is 0 Å². The lowest BCUT2D eigenvalue weighted by Gasteiger charge is -2.02. The van der Waals surface area contributed by atoms with Crippen LogP contribution in [0.15, 0.2) is 6.07 Å². The topological polar surface area (TPSA) is 72.3 Å². The summed E-state index contributed by atoms with van der Waals surface area (Å²) in [6.45, 7) is 2.93. The van der Waals surface area contributed by atoms with Crippen molar-refractivity contribution in [2.24, 2.45) is 0 Å². The van der Waals surface area contributed by atoms with Crippen molar-refractivity contribution in [1.82, 2.24) is 9.97 Å². The van der Waals surface area contributed by atoms with E-state index in [0.29, 0.717) is 25.5 Å². The van der Waals surface area contributed by atoms with E-state index in [0.717, 1.165) is 0 Å². The maximum atomic E-state index is 10.7. The monoisotopic (exact) mass is 230 g/mol. The highest BCUT2D eigenvalue weighted by Crippen LogP contribution is 2.07. The molecule has 0 aromatic carbocycles. The minimum Gasteiger partial charge on any atom is -0.477 e. The van der Waals surface area contributed by atoms with Crippen LogP contribution in [0.1, 0.15) is 23.2 Å². The second-order valence-electron chi connectivity index (χ2n) is 2.74. The SMILES string of the molecule is CCOCCc1nc(Cl)cc(C(=O)O)n1. The first-order valence-corrected chi connectivity index (χ1v) is 4.85. The summed E-state index contributed by atoms with van der Waals surface area (Å²) in [6.07, 6.45) is 0.453. The summed E-state index contributed by atoms with van der Waals surface area (Å²) >= 11 is 5.65. The molecule has 1 aromatic rings. The zero-order valence-electron chi connectivity index (χ0n) is 8.23. The minimum absolute atomic E-state index is 0.0958. The predicted molar refractivity (Wildman–Crippen MR) is 54.2 cm³/mol. The second kappa shape index (κ2) is 5.63. The highest BCUT2D eigenvalue weighted by atomic mass is 35.5. The molecule has 0 aliphatic rings. The predicted octanol–water partition coefficient (Wildman–Crippen LogP) is 1.41. The first-order chi connectivity index (χ1) is 7.13. The number of ether oxygens (including phenoxy) is 1. The van der Waals surface area contributed by atoms with Gasteiger partial charge in [0.25, 0.3) is 0 Å². The third-order valence-electron chi connectivity index (χ3n) is 1.63.